The molecule has 0 spiro atoms. The molecule has 0 radical (unpaired) electrons. The summed E-state index contributed by atoms with van der Waals surface area (Å²) in [5.74, 6) is 2.53. The van der Waals surface area contributed by atoms with E-state index in [4.69, 9.17) is 11.6 Å². The summed E-state index contributed by atoms with van der Waals surface area (Å²) in [6, 6.07) is 4.65. The Balaban J connectivity index is 2.11. The maximum Gasteiger partial charge on any atom is 0.160 e. The molecule has 0 N–H and O–H groups in total. The van der Waals surface area contributed by atoms with Gasteiger partial charge < -0.3 is 4.57 Å². The Kier molecular flexibility index (Phi) is 3.02. The molecule has 3 rings (SSSR count). The summed E-state index contributed by atoms with van der Waals surface area (Å²) in [6.07, 6.45) is 3.29. The summed E-state index contributed by atoms with van der Waals surface area (Å²) in [4.78, 5) is 9.35. The van der Waals surface area contributed by atoms with E-state index in [0.717, 1.165) is 35.0 Å². The molecule has 1 fully saturated rings. The molecule has 0 unspecified atom stereocenters. The fourth-order valence-electron chi connectivity index (χ4n) is 2.83. The number of aryl methyl sites for hydroxylation is 2. The van der Waals surface area contributed by atoms with Crippen LogP contribution in [0, 0.1) is 12.8 Å². The van der Waals surface area contributed by atoms with Crippen LogP contribution in [0.5, 0.6) is 0 Å². The largest absolute Gasteiger partial charge is 0.310 e. The smallest absolute Gasteiger partial charge is 0.160 e. The number of hydrogen-bond acceptors (Lipinski definition) is 2. The molecule has 4 heteroatoms. The molecule has 0 aromatic carbocycles. The lowest BCUT2D eigenvalue weighted by Crippen LogP contribution is -2.26. The van der Waals surface area contributed by atoms with Gasteiger partial charge in [0.15, 0.2) is 5.65 Å². The van der Waals surface area contributed by atoms with E-state index in [0.29, 0.717) is 11.9 Å². The van der Waals surface area contributed by atoms with Crippen LogP contribution >= 0.6 is 11.6 Å². The highest BCUT2D eigenvalue weighted by Gasteiger charge is 2.30. The molecule has 3 nitrogen and oxygen atoms in total. The minimum Gasteiger partial charge on any atom is -0.310 e. The van der Waals surface area contributed by atoms with Crippen molar-refractivity contribution < 1.29 is 0 Å². The highest BCUT2D eigenvalue weighted by Crippen LogP contribution is 2.39. The Bertz CT molecular complexity index is 570. The molecule has 1 aliphatic carbocycles. The van der Waals surface area contributed by atoms with Crippen molar-refractivity contribution in [3.05, 3.63) is 23.7 Å². The number of aromatic nitrogens is 3. The van der Waals surface area contributed by atoms with Gasteiger partial charge in [-0.25, -0.2) is 9.97 Å². The van der Waals surface area contributed by atoms with Crippen LogP contribution in [-0.4, -0.2) is 20.4 Å². The van der Waals surface area contributed by atoms with Crippen molar-refractivity contribution in [3.8, 4) is 0 Å². The van der Waals surface area contributed by atoms with Gasteiger partial charge in [0, 0.05) is 24.0 Å². The first-order valence-corrected chi connectivity index (χ1v) is 7.13. The number of imidazole rings is 1. The summed E-state index contributed by atoms with van der Waals surface area (Å²) in [6.45, 7) is 4.33. The van der Waals surface area contributed by atoms with Crippen molar-refractivity contribution in [1.29, 1.82) is 0 Å². The molecule has 2 heterocycles. The van der Waals surface area contributed by atoms with Crippen molar-refractivity contribution in [2.45, 2.75) is 39.2 Å². The van der Waals surface area contributed by atoms with E-state index < -0.39 is 0 Å². The van der Waals surface area contributed by atoms with Crippen LogP contribution in [0.4, 0.5) is 0 Å². The Morgan fingerprint density at radius 2 is 2.11 bits per heavy atom. The zero-order valence-electron chi connectivity index (χ0n) is 10.9. The van der Waals surface area contributed by atoms with Crippen LogP contribution in [0.3, 0.4) is 0 Å². The maximum absolute atomic E-state index is 5.89. The fraction of sp³-hybridized carbons (Fsp3) is 0.571. The molecule has 1 aliphatic rings. The second kappa shape index (κ2) is 4.54. The van der Waals surface area contributed by atoms with Gasteiger partial charge in [-0.2, -0.15) is 0 Å². The van der Waals surface area contributed by atoms with Gasteiger partial charge in [0.25, 0.3) is 0 Å². The lowest BCUT2D eigenvalue weighted by atomic mass is 9.81. The van der Waals surface area contributed by atoms with Crippen molar-refractivity contribution in [3.63, 3.8) is 0 Å². The molecule has 0 atom stereocenters. The Labute approximate surface area is 112 Å². The number of halogens is 1. The van der Waals surface area contributed by atoms with Gasteiger partial charge in [-0.3, -0.25) is 0 Å². The summed E-state index contributed by atoms with van der Waals surface area (Å²) in [7, 11) is 0. The van der Waals surface area contributed by atoms with Crippen LogP contribution in [0.25, 0.3) is 11.2 Å². The summed E-state index contributed by atoms with van der Waals surface area (Å²) < 4.78 is 2.32. The highest BCUT2D eigenvalue weighted by molar-refractivity contribution is 6.17. The second-order valence-electron chi connectivity index (χ2n) is 5.36. The van der Waals surface area contributed by atoms with E-state index in [9.17, 15) is 0 Å². The van der Waals surface area contributed by atoms with E-state index in [-0.39, 0.29) is 0 Å². The standard InChI is InChI=1S/C14H18ClN3/c1-9-7-11(8-9)18-13(5-6-15)17-12-4-3-10(2)16-14(12)18/h3-4,9,11H,5-8H2,1-2H3. The van der Waals surface area contributed by atoms with Crippen molar-refractivity contribution >= 4 is 22.8 Å². The molecule has 1 saturated carbocycles. The van der Waals surface area contributed by atoms with Crippen LogP contribution in [-0.2, 0) is 6.42 Å². The SMILES string of the molecule is Cc1ccc2nc(CCCl)n(C3CC(C)C3)c2n1. The third-order valence-corrected chi connectivity index (χ3v) is 3.97. The predicted molar refractivity (Wildman–Crippen MR) is 74.1 cm³/mol. The number of rotatable bonds is 3. The Morgan fingerprint density at radius 3 is 2.78 bits per heavy atom. The first-order valence-electron chi connectivity index (χ1n) is 6.59. The molecule has 2 aromatic rings. The van der Waals surface area contributed by atoms with Crippen LogP contribution < -0.4 is 0 Å². The van der Waals surface area contributed by atoms with E-state index >= 15 is 0 Å². The predicted octanol–water partition coefficient (Wildman–Crippen LogP) is 3.49. The van der Waals surface area contributed by atoms with Crippen molar-refractivity contribution in [1.82, 2.24) is 14.5 Å². The lowest BCUT2D eigenvalue weighted by molar-refractivity contribution is 0.216. The van der Waals surface area contributed by atoms with E-state index in [1.807, 2.05) is 13.0 Å². The van der Waals surface area contributed by atoms with Gasteiger partial charge in [-0.15, -0.1) is 11.6 Å². The van der Waals surface area contributed by atoms with E-state index in [2.05, 4.69) is 27.5 Å². The van der Waals surface area contributed by atoms with Crippen molar-refractivity contribution in [2.24, 2.45) is 5.92 Å². The summed E-state index contributed by atoms with van der Waals surface area (Å²) in [5, 5.41) is 0. The minimum absolute atomic E-state index is 0.567. The molecule has 2 aromatic heterocycles. The van der Waals surface area contributed by atoms with E-state index in [1.54, 1.807) is 0 Å². The molecular weight excluding hydrogens is 246 g/mol. The highest BCUT2D eigenvalue weighted by atomic mass is 35.5. The van der Waals surface area contributed by atoms with Crippen LogP contribution in [0.1, 0.15) is 37.3 Å². The Morgan fingerprint density at radius 1 is 1.33 bits per heavy atom. The minimum atomic E-state index is 0.567. The van der Waals surface area contributed by atoms with Gasteiger partial charge in [-0.05, 0) is 37.8 Å². The normalized spacial score (nSPS) is 23.3. The molecule has 0 amide bonds. The third-order valence-electron chi connectivity index (χ3n) is 3.78. The van der Waals surface area contributed by atoms with E-state index in [1.165, 1.54) is 12.8 Å². The van der Waals surface area contributed by atoms with Gasteiger partial charge in [0.2, 0.25) is 0 Å². The lowest BCUT2D eigenvalue weighted by Gasteiger charge is -2.34. The monoisotopic (exact) mass is 263 g/mol. The quantitative estimate of drug-likeness (QED) is 0.794. The number of nitrogens with zero attached hydrogens (tertiary/aromatic N) is 3. The molecular formula is C14H18ClN3. The average Bonchev–Trinajstić information content (AvgIpc) is 2.63. The average molecular weight is 264 g/mol. The molecule has 18 heavy (non-hydrogen) atoms. The molecule has 0 aliphatic heterocycles. The number of pyridine rings is 1. The number of fused-ring (bicyclic) bond motifs is 1. The Hall–Kier alpha value is -1.09. The fourth-order valence-corrected chi connectivity index (χ4v) is 3.00. The topological polar surface area (TPSA) is 30.7 Å². The first-order chi connectivity index (χ1) is 8.69. The molecule has 0 bridgehead atoms. The molecule has 96 valence electrons. The van der Waals surface area contributed by atoms with Crippen LogP contribution in [0.2, 0.25) is 0 Å². The first kappa shape index (κ1) is 12.0. The van der Waals surface area contributed by atoms with Gasteiger partial charge in [0.1, 0.15) is 11.3 Å². The van der Waals surface area contributed by atoms with Crippen LogP contribution in [0.15, 0.2) is 12.1 Å². The number of alkyl halides is 1. The zero-order valence-corrected chi connectivity index (χ0v) is 11.6. The van der Waals surface area contributed by atoms with Gasteiger partial charge in [0.05, 0.1) is 0 Å². The molecule has 0 saturated heterocycles. The zero-order chi connectivity index (χ0) is 12.7. The van der Waals surface area contributed by atoms with Gasteiger partial charge in [-0.1, -0.05) is 6.92 Å². The maximum atomic E-state index is 5.89. The second-order valence-corrected chi connectivity index (χ2v) is 5.74. The third kappa shape index (κ3) is 1.91. The summed E-state index contributed by atoms with van der Waals surface area (Å²) >= 11 is 5.89. The number of hydrogen-bond donors (Lipinski definition) is 0. The van der Waals surface area contributed by atoms with Crippen molar-refractivity contribution in [2.75, 3.05) is 5.88 Å². The van der Waals surface area contributed by atoms with Gasteiger partial charge >= 0.3 is 0 Å². The summed E-state index contributed by atoms with van der Waals surface area (Å²) in [5.41, 5.74) is 3.08.